The Morgan fingerprint density at radius 2 is 1.15 bits per heavy atom. The molecule has 0 radical (unpaired) electrons. The summed E-state index contributed by atoms with van der Waals surface area (Å²) >= 11 is 0. The fraction of sp³-hybridized carbons (Fsp3) is 0.526. The van der Waals surface area contributed by atoms with Gasteiger partial charge in [0, 0.05) is 30.7 Å². The minimum Gasteiger partial charge on any atom is -0.478 e. The Morgan fingerprint density at radius 3 is 1.52 bits per heavy atom. The van der Waals surface area contributed by atoms with E-state index in [9.17, 15) is 29.1 Å². The summed E-state index contributed by atoms with van der Waals surface area (Å²) in [5.41, 5.74) is -2.35. The van der Waals surface area contributed by atoms with Gasteiger partial charge in [-0.15, -0.1) is 0 Å². The van der Waals surface area contributed by atoms with Crippen molar-refractivity contribution in [1.29, 1.82) is 0 Å². The predicted molar refractivity (Wildman–Crippen MR) is 95.0 cm³/mol. The van der Waals surface area contributed by atoms with Crippen LogP contribution in [0.4, 0.5) is 0 Å². The minimum atomic E-state index is -2.35. The second kappa shape index (κ2) is 8.75. The van der Waals surface area contributed by atoms with Crippen LogP contribution in [0.1, 0.15) is 58.3 Å². The van der Waals surface area contributed by atoms with Crippen molar-refractivity contribution in [2.24, 2.45) is 0 Å². The zero-order valence-electron chi connectivity index (χ0n) is 15.3. The third kappa shape index (κ3) is 3.99. The Balaban J connectivity index is 2.23. The van der Waals surface area contributed by atoms with Crippen LogP contribution in [0.2, 0.25) is 0 Å². The van der Waals surface area contributed by atoms with Crippen LogP contribution < -0.4 is 0 Å². The Hall–Kier alpha value is -2.77. The number of aliphatic carboxylic acids is 1. The second-order valence-corrected chi connectivity index (χ2v) is 6.68. The van der Waals surface area contributed by atoms with Gasteiger partial charge in [0.15, 0.2) is 0 Å². The standard InChI is InChI=1S/C19H24N2O6/c1-2-3-4-5-6-7-8-13-19(18(26)27,20-14(22)9-10-15(20)23)21-16(24)11-12-17(21)25/h9-12H,2-8,13H2,1H3,(H,26,27). The Bertz CT molecular complexity index is 631. The molecule has 1 N–H and O–H groups in total. The summed E-state index contributed by atoms with van der Waals surface area (Å²) in [7, 11) is 0. The number of carbonyl (C=O) groups excluding carboxylic acids is 4. The quantitative estimate of drug-likeness (QED) is 0.434. The van der Waals surface area contributed by atoms with Gasteiger partial charge in [-0.1, -0.05) is 45.4 Å². The largest absolute Gasteiger partial charge is 0.478 e. The van der Waals surface area contributed by atoms with Crippen molar-refractivity contribution < 1.29 is 29.1 Å². The van der Waals surface area contributed by atoms with Crippen LogP contribution in [0, 0.1) is 0 Å². The molecule has 0 saturated carbocycles. The van der Waals surface area contributed by atoms with Crippen molar-refractivity contribution >= 4 is 29.6 Å². The van der Waals surface area contributed by atoms with Gasteiger partial charge in [0.2, 0.25) is 5.66 Å². The van der Waals surface area contributed by atoms with Crippen molar-refractivity contribution in [3.05, 3.63) is 24.3 Å². The number of nitrogens with zero attached hydrogens (tertiary/aromatic N) is 2. The average Bonchev–Trinajstić information content (AvgIpc) is 3.13. The molecule has 0 fully saturated rings. The molecule has 0 aromatic rings. The van der Waals surface area contributed by atoms with Crippen molar-refractivity contribution in [2.45, 2.75) is 64.0 Å². The molecule has 8 nitrogen and oxygen atoms in total. The van der Waals surface area contributed by atoms with Crippen LogP contribution in [0.25, 0.3) is 0 Å². The zero-order chi connectivity index (χ0) is 20.0. The lowest BCUT2D eigenvalue weighted by atomic mass is 9.96. The second-order valence-electron chi connectivity index (χ2n) is 6.68. The molecule has 0 bridgehead atoms. The van der Waals surface area contributed by atoms with Crippen LogP contribution in [0.15, 0.2) is 24.3 Å². The van der Waals surface area contributed by atoms with Crippen molar-refractivity contribution in [3.63, 3.8) is 0 Å². The molecule has 8 heteroatoms. The molecule has 0 aliphatic carbocycles. The molecule has 0 atom stereocenters. The lowest BCUT2D eigenvalue weighted by molar-refractivity contribution is -0.182. The normalized spacial score (nSPS) is 16.9. The number of carboxylic acid groups (broad SMARTS) is 1. The number of imide groups is 2. The SMILES string of the molecule is CCCCCCCCCC(C(=O)O)(N1C(=O)C=CC1=O)N1C(=O)C=CC1=O. The van der Waals surface area contributed by atoms with Crippen LogP contribution in [0.5, 0.6) is 0 Å². The van der Waals surface area contributed by atoms with Gasteiger partial charge in [-0.05, 0) is 6.42 Å². The molecule has 27 heavy (non-hydrogen) atoms. The molecule has 0 aromatic heterocycles. The molecule has 4 amide bonds. The van der Waals surface area contributed by atoms with Crippen molar-refractivity contribution in [3.8, 4) is 0 Å². The van der Waals surface area contributed by atoms with E-state index in [0.717, 1.165) is 56.4 Å². The van der Waals surface area contributed by atoms with Gasteiger partial charge < -0.3 is 5.11 Å². The fourth-order valence-electron chi connectivity index (χ4n) is 3.48. The summed E-state index contributed by atoms with van der Waals surface area (Å²) in [5, 5.41) is 9.94. The van der Waals surface area contributed by atoms with E-state index in [0.29, 0.717) is 22.6 Å². The van der Waals surface area contributed by atoms with Crippen LogP contribution in [-0.2, 0) is 24.0 Å². The third-order valence-corrected chi connectivity index (χ3v) is 4.83. The predicted octanol–water partition coefficient (Wildman–Crippen LogP) is 1.76. The highest BCUT2D eigenvalue weighted by Gasteiger charge is 2.58. The number of amides is 4. The number of carbonyl (C=O) groups is 5. The number of hydrogen-bond acceptors (Lipinski definition) is 5. The summed E-state index contributed by atoms with van der Waals surface area (Å²) in [5.74, 6) is -4.98. The third-order valence-electron chi connectivity index (χ3n) is 4.83. The van der Waals surface area contributed by atoms with E-state index in [2.05, 4.69) is 6.92 Å². The van der Waals surface area contributed by atoms with E-state index in [4.69, 9.17) is 0 Å². The molecule has 0 spiro atoms. The lowest BCUT2D eigenvalue weighted by Crippen LogP contribution is -2.68. The number of rotatable bonds is 11. The van der Waals surface area contributed by atoms with E-state index in [-0.39, 0.29) is 6.42 Å². The number of carboxylic acids is 1. The van der Waals surface area contributed by atoms with Crippen LogP contribution >= 0.6 is 0 Å². The lowest BCUT2D eigenvalue weighted by Gasteiger charge is -2.42. The first-order valence-electron chi connectivity index (χ1n) is 9.22. The summed E-state index contributed by atoms with van der Waals surface area (Å²) in [4.78, 5) is 62.0. The van der Waals surface area contributed by atoms with Crippen molar-refractivity contribution in [2.75, 3.05) is 0 Å². The molecule has 146 valence electrons. The molecule has 2 rings (SSSR count). The highest BCUT2D eigenvalue weighted by atomic mass is 16.4. The van der Waals surface area contributed by atoms with E-state index >= 15 is 0 Å². The first-order valence-corrected chi connectivity index (χ1v) is 9.22. The molecule has 0 unspecified atom stereocenters. The monoisotopic (exact) mass is 376 g/mol. The molecule has 2 aliphatic rings. The highest BCUT2D eigenvalue weighted by Crippen LogP contribution is 2.33. The minimum absolute atomic E-state index is 0.200. The van der Waals surface area contributed by atoms with Gasteiger partial charge in [-0.25, -0.2) is 14.6 Å². The zero-order valence-corrected chi connectivity index (χ0v) is 15.3. The Kier molecular flexibility index (Phi) is 6.65. The first-order chi connectivity index (χ1) is 12.9. The molecule has 2 aliphatic heterocycles. The maximum Gasteiger partial charge on any atom is 0.351 e. The molecule has 0 aromatic carbocycles. The van der Waals surface area contributed by atoms with Gasteiger partial charge >= 0.3 is 5.97 Å². The van der Waals surface area contributed by atoms with Gasteiger partial charge in [0.05, 0.1) is 0 Å². The fourth-order valence-corrected chi connectivity index (χ4v) is 3.48. The van der Waals surface area contributed by atoms with E-state index in [1.165, 1.54) is 0 Å². The van der Waals surface area contributed by atoms with Gasteiger partial charge in [-0.3, -0.25) is 19.2 Å². The summed E-state index contributed by atoms with van der Waals surface area (Å²) in [6.07, 6.45) is 9.81. The van der Waals surface area contributed by atoms with Crippen LogP contribution in [0.3, 0.4) is 0 Å². The van der Waals surface area contributed by atoms with Crippen LogP contribution in [-0.4, -0.2) is 50.2 Å². The molecular formula is C19H24N2O6. The van der Waals surface area contributed by atoms with Crippen molar-refractivity contribution in [1.82, 2.24) is 9.80 Å². The Morgan fingerprint density at radius 1 is 0.778 bits per heavy atom. The average molecular weight is 376 g/mol. The topological polar surface area (TPSA) is 112 Å². The van der Waals surface area contributed by atoms with E-state index in [1.807, 2.05) is 0 Å². The maximum absolute atomic E-state index is 12.2. The smallest absolute Gasteiger partial charge is 0.351 e. The number of hydrogen-bond donors (Lipinski definition) is 1. The number of unbranched alkanes of at least 4 members (excludes halogenated alkanes) is 6. The highest BCUT2D eigenvalue weighted by molar-refractivity contribution is 6.20. The molecule has 0 saturated heterocycles. The van der Waals surface area contributed by atoms with E-state index in [1.54, 1.807) is 0 Å². The van der Waals surface area contributed by atoms with Gasteiger partial charge in [0.25, 0.3) is 23.6 Å². The van der Waals surface area contributed by atoms with Gasteiger partial charge in [-0.2, -0.15) is 0 Å². The Labute approximate surface area is 157 Å². The maximum atomic E-state index is 12.2. The van der Waals surface area contributed by atoms with E-state index < -0.39 is 35.3 Å². The summed E-state index contributed by atoms with van der Waals surface area (Å²) in [6, 6.07) is 0. The van der Waals surface area contributed by atoms with Gasteiger partial charge in [0.1, 0.15) is 0 Å². The summed E-state index contributed by atoms with van der Waals surface area (Å²) in [6.45, 7) is 2.11. The molecular weight excluding hydrogens is 352 g/mol. The summed E-state index contributed by atoms with van der Waals surface area (Å²) < 4.78 is 0. The first kappa shape index (κ1) is 20.5. The molecule has 2 heterocycles.